The average molecular weight is 166 g/mol. The molecule has 0 amide bonds. The summed E-state index contributed by atoms with van der Waals surface area (Å²) in [5, 5.41) is 0. The van der Waals surface area contributed by atoms with E-state index >= 15 is 0 Å². The number of ether oxygens (including phenoxy) is 1. The van der Waals surface area contributed by atoms with Crippen LogP contribution in [0.3, 0.4) is 0 Å². The zero-order valence-electron chi connectivity index (χ0n) is 5.95. The SMILES string of the molecule is C=CCCC(=C)OC(F)(F)F. The Bertz CT molecular complexity index is 148. The lowest BCUT2D eigenvalue weighted by Gasteiger charge is -2.09. The topological polar surface area (TPSA) is 9.23 Å². The fourth-order valence-electron chi connectivity index (χ4n) is 0.478. The minimum Gasteiger partial charge on any atom is -0.411 e. The summed E-state index contributed by atoms with van der Waals surface area (Å²) in [5.74, 6) is -0.280. The second-order valence-electron chi connectivity index (χ2n) is 1.91. The van der Waals surface area contributed by atoms with Gasteiger partial charge in [-0.3, -0.25) is 0 Å². The van der Waals surface area contributed by atoms with Crippen LogP contribution in [-0.2, 0) is 4.74 Å². The van der Waals surface area contributed by atoms with Crippen LogP contribution >= 0.6 is 0 Å². The quantitative estimate of drug-likeness (QED) is 0.460. The lowest BCUT2D eigenvalue weighted by atomic mass is 10.3. The van der Waals surface area contributed by atoms with Gasteiger partial charge < -0.3 is 4.74 Å². The molecule has 0 saturated carbocycles. The van der Waals surface area contributed by atoms with Gasteiger partial charge in [0.2, 0.25) is 0 Å². The monoisotopic (exact) mass is 166 g/mol. The molecule has 0 bridgehead atoms. The van der Waals surface area contributed by atoms with Crippen LogP contribution in [0.25, 0.3) is 0 Å². The number of alkyl halides is 3. The van der Waals surface area contributed by atoms with E-state index in [4.69, 9.17) is 0 Å². The largest absolute Gasteiger partial charge is 0.572 e. The highest BCUT2D eigenvalue weighted by Crippen LogP contribution is 2.21. The summed E-state index contributed by atoms with van der Waals surface area (Å²) in [4.78, 5) is 0. The Balaban J connectivity index is 3.61. The number of halogens is 3. The molecule has 0 fully saturated rings. The maximum Gasteiger partial charge on any atom is 0.572 e. The summed E-state index contributed by atoms with van der Waals surface area (Å²) in [6.45, 7) is 6.44. The fourth-order valence-corrected chi connectivity index (χ4v) is 0.478. The van der Waals surface area contributed by atoms with Gasteiger partial charge in [0.15, 0.2) is 0 Å². The van der Waals surface area contributed by atoms with Crippen molar-refractivity contribution in [2.24, 2.45) is 0 Å². The molecule has 0 aromatic heterocycles. The van der Waals surface area contributed by atoms with Crippen LogP contribution < -0.4 is 0 Å². The minimum absolute atomic E-state index is 0.156. The molecule has 64 valence electrons. The molecule has 0 aromatic rings. The molecule has 0 unspecified atom stereocenters. The Morgan fingerprint density at radius 2 is 2.00 bits per heavy atom. The molecule has 0 aliphatic rings. The first-order valence-corrected chi connectivity index (χ1v) is 3.00. The number of allylic oxidation sites excluding steroid dienone is 2. The van der Waals surface area contributed by atoms with E-state index in [0.29, 0.717) is 6.42 Å². The van der Waals surface area contributed by atoms with Gasteiger partial charge in [-0.1, -0.05) is 12.7 Å². The van der Waals surface area contributed by atoms with Gasteiger partial charge in [0.05, 0.1) is 5.76 Å². The summed E-state index contributed by atoms with van der Waals surface area (Å²) >= 11 is 0. The van der Waals surface area contributed by atoms with Crippen LogP contribution in [0.5, 0.6) is 0 Å². The molecule has 1 nitrogen and oxygen atoms in total. The van der Waals surface area contributed by atoms with E-state index in [2.05, 4.69) is 17.9 Å². The molecular weight excluding hydrogens is 157 g/mol. The highest BCUT2D eigenvalue weighted by atomic mass is 19.4. The second kappa shape index (κ2) is 4.05. The number of rotatable bonds is 4. The van der Waals surface area contributed by atoms with E-state index in [9.17, 15) is 13.2 Å². The lowest BCUT2D eigenvalue weighted by molar-refractivity contribution is -0.306. The summed E-state index contributed by atoms with van der Waals surface area (Å²) in [6, 6.07) is 0. The molecule has 0 radical (unpaired) electrons. The molecule has 0 aliphatic carbocycles. The molecular formula is C7H9F3O. The van der Waals surface area contributed by atoms with E-state index in [-0.39, 0.29) is 12.2 Å². The second-order valence-corrected chi connectivity index (χ2v) is 1.91. The van der Waals surface area contributed by atoms with Crippen LogP contribution in [0.15, 0.2) is 25.0 Å². The number of hydrogen-bond acceptors (Lipinski definition) is 1. The van der Waals surface area contributed by atoms with Crippen LogP contribution in [0.4, 0.5) is 13.2 Å². The van der Waals surface area contributed by atoms with Gasteiger partial charge in [0, 0.05) is 6.42 Å². The molecule has 0 N–H and O–H groups in total. The predicted molar refractivity (Wildman–Crippen MR) is 35.7 cm³/mol. The zero-order chi connectivity index (χ0) is 8.91. The Labute approximate surface area is 63.2 Å². The van der Waals surface area contributed by atoms with Crippen LogP contribution in [0, 0.1) is 0 Å². The Morgan fingerprint density at radius 3 is 2.36 bits per heavy atom. The maximum atomic E-state index is 11.4. The molecule has 0 rings (SSSR count). The molecule has 0 saturated heterocycles. The van der Waals surface area contributed by atoms with Gasteiger partial charge >= 0.3 is 6.36 Å². The predicted octanol–water partition coefficient (Wildman–Crippen LogP) is 3.00. The number of hydrogen-bond donors (Lipinski definition) is 0. The molecule has 11 heavy (non-hydrogen) atoms. The van der Waals surface area contributed by atoms with Crippen molar-refractivity contribution in [2.75, 3.05) is 0 Å². The van der Waals surface area contributed by atoms with Gasteiger partial charge in [-0.15, -0.1) is 19.8 Å². The molecule has 4 heteroatoms. The van der Waals surface area contributed by atoms with Crippen molar-refractivity contribution >= 4 is 0 Å². The molecule has 0 atom stereocenters. The Hall–Kier alpha value is -0.930. The third kappa shape index (κ3) is 6.96. The molecule has 0 heterocycles. The summed E-state index contributed by atoms with van der Waals surface area (Å²) in [7, 11) is 0. The first-order valence-electron chi connectivity index (χ1n) is 3.00. The van der Waals surface area contributed by atoms with Crippen LogP contribution in [-0.4, -0.2) is 6.36 Å². The summed E-state index contributed by atoms with van der Waals surface area (Å²) in [6.07, 6.45) is -2.51. The van der Waals surface area contributed by atoms with Crippen molar-refractivity contribution in [3.63, 3.8) is 0 Å². The van der Waals surface area contributed by atoms with Gasteiger partial charge in [-0.25, -0.2) is 0 Å². The first kappa shape index (κ1) is 10.1. The highest BCUT2D eigenvalue weighted by molar-refractivity contribution is 4.85. The first-order chi connectivity index (χ1) is 4.95. The lowest BCUT2D eigenvalue weighted by Crippen LogP contribution is -2.12. The van der Waals surface area contributed by atoms with Crippen molar-refractivity contribution in [3.8, 4) is 0 Å². The van der Waals surface area contributed by atoms with Crippen molar-refractivity contribution in [1.82, 2.24) is 0 Å². The van der Waals surface area contributed by atoms with E-state index in [1.54, 1.807) is 0 Å². The smallest absolute Gasteiger partial charge is 0.411 e. The molecule has 0 aromatic carbocycles. The van der Waals surface area contributed by atoms with E-state index in [1.165, 1.54) is 6.08 Å². The highest BCUT2D eigenvalue weighted by Gasteiger charge is 2.31. The summed E-state index contributed by atoms with van der Waals surface area (Å²) in [5.41, 5.74) is 0. The Kier molecular flexibility index (Phi) is 3.71. The molecule has 0 spiro atoms. The Morgan fingerprint density at radius 1 is 1.45 bits per heavy atom. The van der Waals surface area contributed by atoms with Gasteiger partial charge in [-0.2, -0.15) is 0 Å². The minimum atomic E-state index is -4.61. The van der Waals surface area contributed by atoms with Gasteiger partial charge in [0.1, 0.15) is 0 Å². The normalized spacial score (nSPS) is 10.8. The third-order valence-corrected chi connectivity index (χ3v) is 0.887. The summed E-state index contributed by atoms with van der Waals surface area (Å²) < 4.78 is 37.8. The van der Waals surface area contributed by atoms with E-state index in [1.807, 2.05) is 0 Å². The van der Waals surface area contributed by atoms with E-state index < -0.39 is 6.36 Å². The molecule has 0 aliphatic heterocycles. The van der Waals surface area contributed by atoms with E-state index in [0.717, 1.165) is 0 Å². The fraction of sp³-hybridized carbons (Fsp3) is 0.429. The third-order valence-electron chi connectivity index (χ3n) is 0.887. The van der Waals surface area contributed by atoms with Crippen LogP contribution in [0.1, 0.15) is 12.8 Å². The standard InChI is InChI=1S/C7H9F3O/c1-3-4-5-6(2)11-7(8,9)10/h3H,1-2,4-5H2. The van der Waals surface area contributed by atoms with Crippen molar-refractivity contribution in [2.45, 2.75) is 19.2 Å². The van der Waals surface area contributed by atoms with Crippen molar-refractivity contribution < 1.29 is 17.9 Å². The maximum absolute atomic E-state index is 11.4. The van der Waals surface area contributed by atoms with Crippen molar-refractivity contribution in [1.29, 1.82) is 0 Å². The zero-order valence-corrected chi connectivity index (χ0v) is 5.95. The van der Waals surface area contributed by atoms with Crippen molar-refractivity contribution in [3.05, 3.63) is 25.0 Å². The van der Waals surface area contributed by atoms with Gasteiger partial charge in [-0.05, 0) is 6.42 Å². The van der Waals surface area contributed by atoms with Crippen LogP contribution in [0.2, 0.25) is 0 Å². The average Bonchev–Trinajstić information content (AvgIpc) is 1.79. The van der Waals surface area contributed by atoms with Gasteiger partial charge in [0.25, 0.3) is 0 Å².